The molecule has 1 aromatic carbocycles. The number of carboxylic acids is 2. The number of pyridine rings is 1. The first-order chi connectivity index (χ1) is 18.7. The average molecular weight is 545 g/mol. The van der Waals surface area contributed by atoms with Crippen molar-refractivity contribution >= 4 is 11.9 Å². The summed E-state index contributed by atoms with van der Waals surface area (Å²) in [6, 6.07) is 12.7. The number of carbonyl (C=O) groups is 2. The number of hydrogen-bond donors (Lipinski definition) is 4. The summed E-state index contributed by atoms with van der Waals surface area (Å²) in [5.41, 5.74) is 3.74. The van der Waals surface area contributed by atoms with Gasteiger partial charge in [-0.25, -0.2) is 9.18 Å². The minimum Gasteiger partial charge on any atom is -0.481 e. The van der Waals surface area contributed by atoms with E-state index in [4.69, 9.17) is 24.8 Å². The molecule has 2 aromatic rings. The highest BCUT2D eigenvalue weighted by molar-refractivity contribution is 5.79. The lowest BCUT2D eigenvalue weighted by molar-refractivity contribution is -0.154. The third-order valence-corrected chi connectivity index (χ3v) is 8.06. The van der Waals surface area contributed by atoms with Gasteiger partial charge in [0, 0.05) is 37.0 Å². The maximum absolute atomic E-state index is 13.6. The summed E-state index contributed by atoms with van der Waals surface area (Å²) >= 11 is 0. The number of aromatic nitrogens is 1. The number of aliphatic hydroxyl groups excluding tert-OH is 1. The molecule has 0 amide bonds. The molecule has 212 valence electrons. The van der Waals surface area contributed by atoms with Gasteiger partial charge in [0.05, 0.1) is 18.2 Å². The van der Waals surface area contributed by atoms with Crippen LogP contribution in [0.1, 0.15) is 55.3 Å². The average Bonchev–Trinajstić information content (AvgIpc) is 3.32. The predicted molar refractivity (Wildman–Crippen MR) is 140 cm³/mol. The number of halogens is 1. The van der Waals surface area contributed by atoms with Gasteiger partial charge in [-0.3, -0.25) is 9.78 Å². The van der Waals surface area contributed by atoms with Gasteiger partial charge in [0.25, 0.3) is 0 Å². The number of nitrogens with one attached hydrogen (secondary N) is 1. The fourth-order valence-electron chi connectivity index (χ4n) is 6.00. The lowest BCUT2D eigenvalue weighted by Gasteiger charge is -2.49. The molecule has 10 heteroatoms. The third kappa shape index (κ3) is 7.60. The van der Waals surface area contributed by atoms with Crippen molar-refractivity contribution in [2.45, 2.75) is 74.5 Å². The maximum atomic E-state index is 13.6. The highest BCUT2D eigenvalue weighted by Crippen LogP contribution is 2.47. The molecular weight excluding hydrogens is 507 g/mol. The number of hydrogen-bond acceptors (Lipinski definition) is 7. The van der Waals surface area contributed by atoms with Crippen LogP contribution >= 0.6 is 0 Å². The second-order valence-corrected chi connectivity index (χ2v) is 10.7. The number of rotatable bonds is 8. The molecule has 5 rings (SSSR count). The first kappa shape index (κ1) is 29.1. The molecule has 3 heterocycles. The molecule has 0 saturated carbocycles. The Hall–Kier alpha value is -2.92. The summed E-state index contributed by atoms with van der Waals surface area (Å²) in [4.78, 5) is 24.0. The number of fused-ring (bicyclic) bond motifs is 1. The Kier molecular flexibility index (Phi) is 9.66. The number of ether oxygens (including phenoxy) is 2. The molecule has 2 aliphatic heterocycles. The first-order valence-corrected chi connectivity index (χ1v) is 13.5. The van der Waals surface area contributed by atoms with Gasteiger partial charge in [0.2, 0.25) is 0 Å². The van der Waals surface area contributed by atoms with Gasteiger partial charge in [-0.1, -0.05) is 24.3 Å². The second kappa shape index (κ2) is 13.0. The molecule has 9 nitrogen and oxygen atoms in total. The lowest BCUT2D eigenvalue weighted by atomic mass is 9.66. The zero-order valence-electron chi connectivity index (χ0n) is 22.0. The summed E-state index contributed by atoms with van der Waals surface area (Å²) in [6.45, 7) is 3.18. The van der Waals surface area contributed by atoms with E-state index in [1.807, 2.05) is 6.07 Å². The fourth-order valence-corrected chi connectivity index (χ4v) is 6.00. The summed E-state index contributed by atoms with van der Waals surface area (Å²) in [5, 5.41) is 27.9. The minimum absolute atomic E-state index is 0.0816. The van der Waals surface area contributed by atoms with Crippen LogP contribution < -0.4 is 5.32 Å². The molecule has 1 aromatic heterocycles. The molecule has 0 radical (unpaired) electrons. The maximum Gasteiger partial charge on any atom is 0.333 e. The van der Waals surface area contributed by atoms with Gasteiger partial charge in [0.15, 0.2) is 6.10 Å². The van der Waals surface area contributed by atoms with E-state index in [-0.39, 0.29) is 16.8 Å². The Morgan fingerprint density at radius 3 is 2.31 bits per heavy atom. The van der Waals surface area contributed by atoms with Crippen LogP contribution in [0, 0.1) is 5.82 Å². The van der Waals surface area contributed by atoms with Crippen LogP contribution in [0.2, 0.25) is 0 Å². The topological polar surface area (TPSA) is 138 Å². The quantitative estimate of drug-likeness (QED) is 0.395. The van der Waals surface area contributed by atoms with E-state index >= 15 is 0 Å². The SMILES string of the molecule is Fc1ccc([C@]2(CCNC3Cc4ccccc4C3)CCOC3(CCOCC3)C2)nc1.O=C(O)C[C@H](O)C(=O)O. The van der Waals surface area contributed by atoms with Crippen LogP contribution in [-0.2, 0) is 37.3 Å². The predicted octanol–water partition coefficient (Wildman–Crippen LogP) is 2.87. The van der Waals surface area contributed by atoms with Crippen molar-refractivity contribution in [1.82, 2.24) is 10.3 Å². The van der Waals surface area contributed by atoms with E-state index in [0.717, 1.165) is 77.0 Å². The summed E-state index contributed by atoms with van der Waals surface area (Å²) in [7, 11) is 0. The van der Waals surface area contributed by atoms with Crippen molar-refractivity contribution in [3.8, 4) is 0 Å². The molecule has 0 bridgehead atoms. The van der Waals surface area contributed by atoms with Crippen molar-refractivity contribution < 1.29 is 38.8 Å². The Morgan fingerprint density at radius 1 is 1.05 bits per heavy atom. The second-order valence-electron chi connectivity index (χ2n) is 10.7. The van der Waals surface area contributed by atoms with Crippen LogP contribution in [0.25, 0.3) is 0 Å². The Bertz CT molecular complexity index is 1090. The van der Waals surface area contributed by atoms with E-state index in [1.54, 1.807) is 6.07 Å². The van der Waals surface area contributed by atoms with Gasteiger partial charge in [-0.2, -0.15) is 0 Å². The molecule has 39 heavy (non-hydrogen) atoms. The van der Waals surface area contributed by atoms with Gasteiger partial charge in [0.1, 0.15) is 5.82 Å². The number of benzene rings is 1. The zero-order chi connectivity index (χ0) is 27.9. The third-order valence-electron chi connectivity index (χ3n) is 8.06. The van der Waals surface area contributed by atoms with Crippen molar-refractivity contribution in [3.63, 3.8) is 0 Å². The normalized spacial score (nSPS) is 22.9. The smallest absolute Gasteiger partial charge is 0.333 e. The molecule has 3 aliphatic rings. The first-order valence-electron chi connectivity index (χ1n) is 13.5. The summed E-state index contributed by atoms with van der Waals surface area (Å²) < 4.78 is 25.5. The van der Waals surface area contributed by atoms with E-state index < -0.39 is 24.5 Å². The van der Waals surface area contributed by atoms with Crippen LogP contribution in [0.3, 0.4) is 0 Å². The van der Waals surface area contributed by atoms with Crippen LogP contribution in [-0.4, -0.2) is 76.4 Å². The standard InChI is InChI=1S/C25H31FN2O2.C4H6O5/c26-21-5-6-23(28-17-21)24(8-14-30-25(18-24)9-12-29-13-10-25)7-11-27-22-15-19-3-1-2-4-20(19)16-22;5-2(4(8)9)1-3(6)7/h1-6,17,22,27H,7-16,18H2;2,5H,1H2,(H,6,7)(H,8,9)/t24-;2-/m10/s1. The molecule has 1 aliphatic carbocycles. The Balaban J connectivity index is 0.000000340. The number of carboxylic acid groups (broad SMARTS) is 2. The van der Waals surface area contributed by atoms with Crippen LogP contribution in [0.5, 0.6) is 0 Å². The molecule has 1 spiro atoms. The van der Waals surface area contributed by atoms with Gasteiger partial charge in [-0.05, 0) is 74.8 Å². The molecule has 2 fully saturated rings. The van der Waals surface area contributed by atoms with E-state index in [9.17, 15) is 14.0 Å². The fraction of sp³-hybridized carbons (Fsp3) is 0.552. The number of aliphatic carboxylic acids is 2. The van der Waals surface area contributed by atoms with Gasteiger partial charge < -0.3 is 30.1 Å². The van der Waals surface area contributed by atoms with Gasteiger partial charge >= 0.3 is 11.9 Å². The van der Waals surface area contributed by atoms with Gasteiger partial charge in [-0.15, -0.1) is 0 Å². The minimum atomic E-state index is -1.79. The van der Waals surface area contributed by atoms with Crippen LogP contribution in [0.4, 0.5) is 4.39 Å². The van der Waals surface area contributed by atoms with E-state index in [0.29, 0.717) is 6.04 Å². The Labute approximate surface area is 227 Å². The zero-order valence-corrected chi connectivity index (χ0v) is 22.0. The van der Waals surface area contributed by atoms with Crippen LogP contribution in [0.15, 0.2) is 42.6 Å². The van der Waals surface area contributed by atoms with Crippen molar-refractivity contribution in [2.24, 2.45) is 0 Å². The van der Waals surface area contributed by atoms with Crippen molar-refractivity contribution in [3.05, 3.63) is 65.2 Å². The monoisotopic (exact) mass is 544 g/mol. The Morgan fingerprint density at radius 2 is 1.74 bits per heavy atom. The number of nitrogens with zero attached hydrogens (tertiary/aromatic N) is 1. The molecule has 0 unspecified atom stereocenters. The number of aliphatic hydroxyl groups is 1. The summed E-state index contributed by atoms with van der Waals surface area (Å²) in [6.07, 6.45) is 5.75. The molecule has 4 N–H and O–H groups in total. The molecular formula is C29H37FN2O7. The highest BCUT2D eigenvalue weighted by atomic mass is 19.1. The lowest BCUT2D eigenvalue weighted by Crippen LogP contribution is -2.51. The molecule has 2 saturated heterocycles. The van der Waals surface area contributed by atoms with E-state index in [1.165, 1.54) is 17.3 Å². The van der Waals surface area contributed by atoms with E-state index in [2.05, 4.69) is 34.6 Å². The summed E-state index contributed by atoms with van der Waals surface area (Å²) in [5.74, 6) is -3.12. The van der Waals surface area contributed by atoms with Crippen molar-refractivity contribution in [2.75, 3.05) is 26.4 Å². The molecule has 2 atom stereocenters. The van der Waals surface area contributed by atoms with Crippen molar-refractivity contribution in [1.29, 1.82) is 0 Å². The highest BCUT2D eigenvalue weighted by Gasteiger charge is 2.48. The largest absolute Gasteiger partial charge is 0.481 e.